The number of hydrogen-bond donors (Lipinski definition) is 1. The van der Waals surface area contributed by atoms with Gasteiger partial charge in [0.25, 0.3) is 0 Å². The summed E-state index contributed by atoms with van der Waals surface area (Å²) in [6.45, 7) is 9.89. The van der Waals surface area contributed by atoms with Crippen molar-refractivity contribution in [2.45, 2.75) is 58.9 Å². The number of rotatable bonds is 5. The van der Waals surface area contributed by atoms with Gasteiger partial charge in [-0.2, -0.15) is 0 Å². The van der Waals surface area contributed by atoms with Gasteiger partial charge < -0.3 is 14.9 Å². The minimum atomic E-state index is -0.864. The zero-order valence-electron chi connectivity index (χ0n) is 13.2. The van der Waals surface area contributed by atoms with Crippen LogP contribution in [0.1, 0.15) is 53.4 Å². The molecule has 0 aromatic rings. The molecule has 1 atom stereocenters. The predicted octanol–water partition coefficient (Wildman–Crippen LogP) is 2.80. The van der Waals surface area contributed by atoms with Crippen molar-refractivity contribution >= 4 is 12.0 Å². The van der Waals surface area contributed by atoms with Crippen LogP contribution in [0.25, 0.3) is 0 Å². The van der Waals surface area contributed by atoms with Gasteiger partial charge in [-0.25, -0.2) is 4.79 Å². The second kappa shape index (κ2) is 6.95. The highest BCUT2D eigenvalue weighted by atomic mass is 16.4. The third-order valence-electron chi connectivity index (χ3n) is 3.84. The van der Waals surface area contributed by atoms with Gasteiger partial charge in [-0.3, -0.25) is 4.79 Å². The lowest BCUT2D eigenvalue weighted by Crippen LogP contribution is -2.52. The number of carbonyl (C=O) groups excluding carboxylic acids is 1. The molecular formula is C15H28N2O3. The number of likely N-dealkylation sites (tertiary alicyclic amines) is 1. The molecule has 1 heterocycles. The molecule has 1 saturated heterocycles. The maximum atomic E-state index is 12.6. The van der Waals surface area contributed by atoms with Crippen molar-refractivity contribution in [2.24, 2.45) is 5.92 Å². The monoisotopic (exact) mass is 284 g/mol. The first-order valence-corrected chi connectivity index (χ1v) is 7.54. The Kier molecular flexibility index (Phi) is 5.84. The van der Waals surface area contributed by atoms with Crippen molar-refractivity contribution in [3.63, 3.8) is 0 Å². The minimum absolute atomic E-state index is 0.00472. The van der Waals surface area contributed by atoms with Crippen molar-refractivity contribution in [1.82, 2.24) is 9.80 Å². The van der Waals surface area contributed by atoms with Crippen molar-refractivity contribution in [3.8, 4) is 0 Å². The Morgan fingerprint density at radius 3 is 2.50 bits per heavy atom. The lowest BCUT2D eigenvalue weighted by atomic mass is 10.0. The second-order valence-corrected chi connectivity index (χ2v) is 6.64. The maximum absolute atomic E-state index is 12.6. The summed E-state index contributed by atoms with van der Waals surface area (Å²) in [5.74, 6) is -0.262. The summed E-state index contributed by atoms with van der Waals surface area (Å²) in [6, 6.07) is -0.0163. The van der Waals surface area contributed by atoms with E-state index in [2.05, 4.69) is 6.92 Å². The van der Waals surface area contributed by atoms with Crippen LogP contribution in [-0.2, 0) is 4.79 Å². The van der Waals surface area contributed by atoms with E-state index in [0.717, 1.165) is 32.4 Å². The Bertz CT molecular complexity index is 350. The summed E-state index contributed by atoms with van der Waals surface area (Å²) >= 11 is 0. The van der Waals surface area contributed by atoms with E-state index in [0.29, 0.717) is 5.92 Å². The number of hydrogen-bond acceptors (Lipinski definition) is 2. The highest BCUT2D eigenvalue weighted by molar-refractivity contribution is 5.76. The number of carbonyl (C=O) groups is 2. The third-order valence-corrected chi connectivity index (χ3v) is 3.84. The van der Waals surface area contributed by atoms with Gasteiger partial charge in [-0.15, -0.1) is 0 Å². The summed E-state index contributed by atoms with van der Waals surface area (Å²) in [5, 5.41) is 8.84. The van der Waals surface area contributed by atoms with Crippen LogP contribution in [0.5, 0.6) is 0 Å². The van der Waals surface area contributed by atoms with Gasteiger partial charge in [0, 0.05) is 25.2 Å². The standard InChI is InChI=1S/C15H28N2O3/c1-5-6-12-7-9-16(11-12)14(20)17(15(2,3)4)10-8-13(18)19/h12H,5-11H2,1-4H3,(H,18,19). The summed E-state index contributed by atoms with van der Waals surface area (Å²) < 4.78 is 0. The van der Waals surface area contributed by atoms with Crippen LogP contribution in [-0.4, -0.2) is 52.1 Å². The van der Waals surface area contributed by atoms with Crippen molar-refractivity contribution in [3.05, 3.63) is 0 Å². The molecule has 0 bridgehead atoms. The Hall–Kier alpha value is -1.26. The lowest BCUT2D eigenvalue weighted by molar-refractivity contribution is -0.137. The van der Waals surface area contributed by atoms with E-state index in [4.69, 9.17) is 5.11 Å². The number of amides is 2. The fourth-order valence-electron chi connectivity index (χ4n) is 2.75. The summed E-state index contributed by atoms with van der Waals surface area (Å²) in [6.07, 6.45) is 3.37. The first-order chi connectivity index (χ1) is 9.25. The third kappa shape index (κ3) is 4.69. The largest absolute Gasteiger partial charge is 0.481 e. The summed E-state index contributed by atoms with van der Waals surface area (Å²) in [7, 11) is 0. The summed E-state index contributed by atoms with van der Waals surface area (Å²) in [4.78, 5) is 26.9. The van der Waals surface area contributed by atoms with Crippen LogP contribution in [0.15, 0.2) is 0 Å². The van der Waals surface area contributed by atoms with Gasteiger partial charge in [-0.1, -0.05) is 13.3 Å². The molecule has 1 rings (SSSR count). The van der Waals surface area contributed by atoms with Gasteiger partial charge in [-0.05, 0) is 39.5 Å². The molecule has 1 N–H and O–H groups in total. The number of urea groups is 1. The molecule has 1 aliphatic heterocycles. The fourth-order valence-corrected chi connectivity index (χ4v) is 2.75. The van der Waals surface area contributed by atoms with Crippen LogP contribution in [0.2, 0.25) is 0 Å². The molecule has 0 radical (unpaired) electrons. The van der Waals surface area contributed by atoms with Crippen LogP contribution < -0.4 is 0 Å². The molecule has 1 aliphatic rings. The van der Waals surface area contributed by atoms with Crippen LogP contribution in [0.3, 0.4) is 0 Å². The molecule has 2 amide bonds. The van der Waals surface area contributed by atoms with Crippen LogP contribution >= 0.6 is 0 Å². The molecule has 116 valence electrons. The zero-order chi connectivity index (χ0) is 15.3. The lowest BCUT2D eigenvalue weighted by Gasteiger charge is -2.38. The minimum Gasteiger partial charge on any atom is -0.481 e. The predicted molar refractivity (Wildman–Crippen MR) is 78.7 cm³/mol. The Morgan fingerprint density at radius 1 is 1.35 bits per heavy atom. The first kappa shape index (κ1) is 16.8. The van der Waals surface area contributed by atoms with E-state index >= 15 is 0 Å². The average Bonchev–Trinajstić information content (AvgIpc) is 2.76. The molecule has 1 fully saturated rings. The highest BCUT2D eigenvalue weighted by Crippen LogP contribution is 2.24. The molecule has 5 nitrogen and oxygen atoms in total. The fraction of sp³-hybridized carbons (Fsp3) is 0.867. The van der Waals surface area contributed by atoms with Crippen molar-refractivity contribution < 1.29 is 14.7 Å². The zero-order valence-corrected chi connectivity index (χ0v) is 13.2. The normalized spacial score (nSPS) is 19.2. The van der Waals surface area contributed by atoms with E-state index in [-0.39, 0.29) is 24.5 Å². The number of carboxylic acids is 1. The first-order valence-electron chi connectivity index (χ1n) is 7.54. The maximum Gasteiger partial charge on any atom is 0.320 e. The molecule has 1 unspecified atom stereocenters. The quantitative estimate of drug-likeness (QED) is 0.844. The summed E-state index contributed by atoms with van der Waals surface area (Å²) in [5.41, 5.74) is -0.352. The topological polar surface area (TPSA) is 60.9 Å². The van der Waals surface area contributed by atoms with E-state index in [1.54, 1.807) is 4.90 Å². The van der Waals surface area contributed by atoms with E-state index < -0.39 is 5.97 Å². The van der Waals surface area contributed by atoms with Gasteiger partial charge in [0.2, 0.25) is 0 Å². The van der Waals surface area contributed by atoms with Gasteiger partial charge in [0.15, 0.2) is 0 Å². The second-order valence-electron chi connectivity index (χ2n) is 6.64. The number of carboxylic acid groups (broad SMARTS) is 1. The Morgan fingerprint density at radius 2 is 2.00 bits per heavy atom. The van der Waals surface area contributed by atoms with Crippen molar-refractivity contribution in [2.75, 3.05) is 19.6 Å². The van der Waals surface area contributed by atoms with Gasteiger partial charge in [0.05, 0.1) is 6.42 Å². The molecule has 0 saturated carbocycles. The van der Waals surface area contributed by atoms with E-state index in [1.165, 1.54) is 0 Å². The Labute approximate surface area is 121 Å². The molecule has 0 aromatic heterocycles. The SMILES string of the molecule is CCCC1CCN(C(=O)N(CCC(=O)O)C(C)(C)C)C1. The molecule has 0 spiro atoms. The molecule has 5 heteroatoms. The van der Waals surface area contributed by atoms with Crippen LogP contribution in [0, 0.1) is 5.92 Å². The number of aliphatic carboxylic acids is 1. The van der Waals surface area contributed by atoms with Crippen LogP contribution in [0.4, 0.5) is 4.79 Å². The molecule has 0 aromatic carbocycles. The van der Waals surface area contributed by atoms with Crippen molar-refractivity contribution in [1.29, 1.82) is 0 Å². The number of nitrogens with zero attached hydrogens (tertiary/aromatic N) is 2. The molecular weight excluding hydrogens is 256 g/mol. The molecule has 0 aliphatic carbocycles. The van der Waals surface area contributed by atoms with E-state index in [1.807, 2.05) is 25.7 Å². The Balaban J connectivity index is 2.66. The average molecular weight is 284 g/mol. The highest BCUT2D eigenvalue weighted by Gasteiger charge is 2.33. The molecule has 20 heavy (non-hydrogen) atoms. The van der Waals surface area contributed by atoms with Gasteiger partial charge >= 0.3 is 12.0 Å². The van der Waals surface area contributed by atoms with Gasteiger partial charge in [0.1, 0.15) is 0 Å². The smallest absolute Gasteiger partial charge is 0.320 e. The van der Waals surface area contributed by atoms with E-state index in [9.17, 15) is 9.59 Å².